The lowest BCUT2D eigenvalue weighted by atomic mass is 10.1. The highest BCUT2D eigenvalue weighted by molar-refractivity contribution is 5.95. The van der Waals surface area contributed by atoms with Crippen molar-refractivity contribution in [1.29, 1.82) is 5.26 Å². The Labute approximate surface area is 143 Å². The van der Waals surface area contributed by atoms with Gasteiger partial charge in [0.15, 0.2) is 0 Å². The minimum absolute atomic E-state index is 0.178. The normalized spacial score (nSPS) is 17.5. The van der Waals surface area contributed by atoms with Crippen LogP contribution in [-0.2, 0) is 0 Å². The van der Waals surface area contributed by atoms with E-state index in [0.717, 1.165) is 49.2 Å². The van der Waals surface area contributed by atoms with E-state index in [2.05, 4.69) is 46.8 Å². The molecule has 3 rings (SSSR count). The maximum absolute atomic E-state index is 9.57. The maximum atomic E-state index is 9.57. The highest BCUT2D eigenvalue weighted by Gasteiger charge is 2.22. The van der Waals surface area contributed by atoms with Gasteiger partial charge in [0, 0.05) is 43.8 Å². The van der Waals surface area contributed by atoms with Crippen LogP contribution >= 0.6 is 0 Å². The van der Waals surface area contributed by atoms with Crippen LogP contribution in [0.5, 0.6) is 0 Å². The molecule has 0 aliphatic carbocycles. The predicted molar refractivity (Wildman–Crippen MR) is 96.1 cm³/mol. The number of aromatic nitrogens is 1. The second-order valence-electron chi connectivity index (χ2n) is 6.56. The summed E-state index contributed by atoms with van der Waals surface area (Å²) in [6.45, 7) is 7.94. The fourth-order valence-electron chi connectivity index (χ4n) is 3.43. The number of pyridine rings is 1. The highest BCUT2D eigenvalue weighted by Crippen LogP contribution is 2.31. The Morgan fingerprint density at radius 1 is 1.29 bits per heavy atom. The highest BCUT2D eigenvalue weighted by atomic mass is 16.3. The van der Waals surface area contributed by atoms with Gasteiger partial charge >= 0.3 is 0 Å². The summed E-state index contributed by atoms with van der Waals surface area (Å²) >= 11 is 0. The Kier molecular flexibility index (Phi) is 4.98. The van der Waals surface area contributed by atoms with Crippen LogP contribution < -0.4 is 4.90 Å². The van der Waals surface area contributed by atoms with Gasteiger partial charge in [-0.25, -0.2) is 0 Å². The monoisotopic (exact) mass is 324 g/mol. The summed E-state index contributed by atoms with van der Waals surface area (Å²) < 4.78 is 0. The van der Waals surface area contributed by atoms with E-state index >= 15 is 0 Å². The van der Waals surface area contributed by atoms with Crippen molar-refractivity contribution in [3.63, 3.8) is 0 Å². The molecule has 1 unspecified atom stereocenters. The number of aliphatic hydroxyl groups is 1. The Morgan fingerprint density at radius 3 is 2.88 bits per heavy atom. The molecule has 1 atom stereocenters. The van der Waals surface area contributed by atoms with E-state index in [9.17, 15) is 10.4 Å². The Morgan fingerprint density at radius 2 is 2.12 bits per heavy atom. The molecule has 126 valence electrons. The molecule has 1 saturated heterocycles. The van der Waals surface area contributed by atoms with Crippen LogP contribution in [0.4, 0.5) is 5.69 Å². The molecule has 2 heterocycles. The first-order chi connectivity index (χ1) is 11.6. The third-order valence-electron chi connectivity index (χ3n) is 4.85. The van der Waals surface area contributed by atoms with Crippen molar-refractivity contribution in [3.05, 3.63) is 35.5 Å². The molecule has 0 bridgehead atoms. The van der Waals surface area contributed by atoms with Crippen LogP contribution in [0.25, 0.3) is 10.9 Å². The lowest BCUT2D eigenvalue weighted by molar-refractivity contribution is 0.141. The zero-order valence-corrected chi connectivity index (χ0v) is 14.4. The first kappa shape index (κ1) is 16.7. The largest absolute Gasteiger partial charge is 0.395 e. The summed E-state index contributed by atoms with van der Waals surface area (Å²) in [7, 11) is 0. The van der Waals surface area contributed by atoms with Crippen molar-refractivity contribution in [2.24, 2.45) is 0 Å². The smallest absolute Gasteiger partial charge is 0.103 e. The van der Waals surface area contributed by atoms with Gasteiger partial charge in [0.05, 0.1) is 23.4 Å². The topological polar surface area (TPSA) is 63.4 Å². The summed E-state index contributed by atoms with van der Waals surface area (Å²) in [5.74, 6) is 0. The summed E-state index contributed by atoms with van der Waals surface area (Å²) in [4.78, 5) is 9.07. The van der Waals surface area contributed by atoms with Gasteiger partial charge in [-0.3, -0.25) is 9.88 Å². The molecule has 0 saturated carbocycles. The molecule has 0 radical (unpaired) electrons. The molecule has 1 N–H and O–H groups in total. The van der Waals surface area contributed by atoms with Crippen LogP contribution in [0, 0.1) is 18.3 Å². The van der Waals surface area contributed by atoms with Crippen molar-refractivity contribution in [1.82, 2.24) is 9.88 Å². The maximum Gasteiger partial charge on any atom is 0.103 e. The predicted octanol–water partition coefficient (Wildman–Crippen LogP) is 2.31. The molecular weight excluding hydrogens is 300 g/mol. The molecule has 2 aromatic rings. The van der Waals surface area contributed by atoms with Crippen molar-refractivity contribution >= 4 is 16.6 Å². The molecule has 1 aliphatic heterocycles. The standard InChI is InChI=1S/C19H24N4O/c1-14-4-5-18-17(10-14)19(16(11-20)12-21-18)23-7-3-6-22(8-9-23)15(2)13-24/h4-5,10,12,15,24H,3,6-9,13H2,1-2H3. The average Bonchev–Trinajstić information content (AvgIpc) is 2.85. The van der Waals surface area contributed by atoms with Crippen molar-refractivity contribution in [2.45, 2.75) is 26.3 Å². The average molecular weight is 324 g/mol. The molecule has 0 spiro atoms. The molecule has 24 heavy (non-hydrogen) atoms. The summed E-state index contributed by atoms with van der Waals surface area (Å²) in [6.07, 6.45) is 2.71. The fourth-order valence-corrected chi connectivity index (χ4v) is 3.43. The quantitative estimate of drug-likeness (QED) is 0.938. The Bertz CT molecular complexity index is 768. The van der Waals surface area contributed by atoms with Gasteiger partial charge in [-0.15, -0.1) is 0 Å². The number of hydrogen-bond donors (Lipinski definition) is 1. The number of anilines is 1. The molecule has 5 heteroatoms. The first-order valence-electron chi connectivity index (χ1n) is 8.53. The van der Waals surface area contributed by atoms with Gasteiger partial charge in [-0.2, -0.15) is 5.26 Å². The van der Waals surface area contributed by atoms with Gasteiger partial charge in [0.25, 0.3) is 0 Å². The minimum atomic E-state index is 0.178. The number of aliphatic hydroxyl groups excluding tert-OH is 1. The molecular formula is C19H24N4O. The van der Waals surface area contributed by atoms with Gasteiger partial charge in [-0.05, 0) is 32.4 Å². The number of aryl methyl sites for hydroxylation is 1. The van der Waals surface area contributed by atoms with Crippen LogP contribution in [0.1, 0.15) is 24.5 Å². The van der Waals surface area contributed by atoms with Gasteiger partial charge in [0.2, 0.25) is 0 Å². The molecule has 5 nitrogen and oxygen atoms in total. The van der Waals surface area contributed by atoms with Crippen LogP contribution in [0.15, 0.2) is 24.4 Å². The minimum Gasteiger partial charge on any atom is -0.395 e. The number of nitriles is 1. The molecule has 1 aromatic carbocycles. The number of rotatable bonds is 3. The third-order valence-corrected chi connectivity index (χ3v) is 4.85. The SMILES string of the molecule is Cc1ccc2ncc(C#N)c(N3CCCN(C(C)CO)CC3)c2c1. The molecule has 1 fully saturated rings. The Hall–Kier alpha value is -2.16. The van der Waals surface area contributed by atoms with E-state index < -0.39 is 0 Å². The summed E-state index contributed by atoms with van der Waals surface area (Å²) in [6, 6.07) is 8.69. The molecule has 1 aliphatic rings. The van der Waals surface area contributed by atoms with E-state index in [-0.39, 0.29) is 12.6 Å². The fraction of sp³-hybridized carbons (Fsp3) is 0.474. The molecule has 0 amide bonds. The second-order valence-corrected chi connectivity index (χ2v) is 6.56. The van der Waals surface area contributed by atoms with Crippen molar-refractivity contribution in [2.75, 3.05) is 37.7 Å². The lowest BCUT2D eigenvalue weighted by Gasteiger charge is -2.27. The first-order valence-corrected chi connectivity index (χ1v) is 8.53. The van der Waals surface area contributed by atoms with Crippen LogP contribution in [-0.4, -0.2) is 53.8 Å². The van der Waals surface area contributed by atoms with E-state index in [1.807, 2.05) is 6.07 Å². The summed E-state index contributed by atoms with van der Waals surface area (Å²) in [5.41, 5.74) is 3.74. The third kappa shape index (κ3) is 3.21. The molecule has 1 aromatic heterocycles. The van der Waals surface area contributed by atoms with Crippen molar-refractivity contribution < 1.29 is 5.11 Å². The summed E-state index contributed by atoms with van der Waals surface area (Å²) in [5, 5.41) is 20.0. The number of fused-ring (bicyclic) bond motifs is 1. The van der Waals surface area contributed by atoms with Crippen LogP contribution in [0.2, 0.25) is 0 Å². The Balaban J connectivity index is 1.99. The van der Waals surface area contributed by atoms with E-state index in [0.29, 0.717) is 5.56 Å². The van der Waals surface area contributed by atoms with Crippen LogP contribution in [0.3, 0.4) is 0 Å². The zero-order valence-electron chi connectivity index (χ0n) is 14.4. The van der Waals surface area contributed by atoms with E-state index in [1.165, 1.54) is 5.56 Å². The number of nitrogens with zero attached hydrogens (tertiary/aromatic N) is 4. The van der Waals surface area contributed by atoms with Crippen molar-refractivity contribution in [3.8, 4) is 6.07 Å². The van der Waals surface area contributed by atoms with Gasteiger partial charge in [-0.1, -0.05) is 11.6 Å². The second kappa shape index (κ2) is 7.16. The lowest BCUT2D eigenvalue weighted by Crippen LogP contribution is -2.38. The zero-order chi connectivity index (χ0) is 17.1. The van der Waals surface area contributed by atoms with Gasteiger partial charge < -0.3 is 10.0 Å². The number of hydrogen-bond acceptors (Lipinski definition) is 5. The van der Waals surface area contributed by atoms with E-state index in [4.69, 9.17) is 0 Å². The van der Waals surface area contributed by atoms with E-state index in [1.54, 1.807) is 6.20 Å². The van der Waals surface area contributed by atoms with Gasteiger partial charge in [0.1, 0.15) is 6.07 Å². The number of benzene rings is 1.